The minimum absolute atomic E-state index is 0.125. The molecule has 4 saturated carbocycles. The molecule has 3 nitrogen and oxygen atoms in total. The van der Waals surface area contributed by atoms with Gasteiger partial charge in [0.25, 0.3) is 0 Å². The van der Waals surface area contributed by atoms with Gasteiger partial charge >= 0.3 is 0 Å². The van der Waals surface area contributed by atoms with Gasteiger partial charge in [-0.1, -0.05) is 55.9 Å². The van der Waals surface area contributed by atoms with E-state index in [1.54, 1.807) is 12.5 Å². The van der Waals surface area contributed by atoms with Gasteiger partial charge in [0.15, 0.2) is 0 Å². The molecule has 0 radical (unpaired) electrons. The molecular weight excluding hydrogens is 396 g/mol. The maximum atomic E-state index is 11.9. The van der Waals surface area contributed by atoms with Crippen molar-refractivity contribution in [2.24, 2.45) is 28.6 Å². The quantitative estimate of drug-likeness (QED) is 0.494. The van der Waals surface area contributed by atoms with Crippen molar-refractivity contribution in [1.82, 2.24) is 0 Å². The van der Waals surface area contributed by atoms with E-state index in [-0.39, 0.29) is 17.3 Å². The Balaban J connectivity index is 1.47. The molecule has 0 bridgehead atoms. The zero-order valence-corrected chi connectivity index (χ0v) is 20.3. The molecule has 4 rings (SSSR count). The van der Waals surface area contributed by atoms with Crippen molar-refractivity contribution in [2.75, 3.05) is 0 Å². The summed E-state index contributed by atoms with van der Waals surface area (Å²) in [5.41, 5.74) is 3.78. The maximum Gasteiger partial charge on any atom is 0.138 e. The molecule has 4 aliphatic carbocycles. The zero-order chi connectivity index (χ0) is 23.1. The Morgan fingerprint density at radius 2 is 1.88 bits per heavy atom. The Kier molecular flexibility index (Phi) is 6.71. The molecule has 0 aromatic rings. The van der Waals surface area contributed by atoms with E-state index in [0.29, 0.717) is 17.8 Å². The normalized spacial score (nSPS) is 38.8. The van der Waals surface area contributed by atoms with Crippen LogP contribution in [0.3, 0.4) is 0 Å². The van der Waals surface area contributed by atoms with Crippen LogP contribution < -0.4 is 0 Å². The molecule has 176 valence electrons. The van der Waals surface area contributed by atoms with Crippen LogP contribution in [0.4, 0.5) is 0 Å². The molecule has 0 saturated heterocycles. The first-order valence-corrected chi connectivity index (χ1v) is 12.8. The lowest BCUT2D eigenvalue weighted by Gasteiger charge is -2.44. The number of fused-ring (bicyclic) bond motifs is 1. The molecule has 6 atom stereocenters. The SMILES string of the molecule is C=C1CC[C@H](O)C/C1=C/C=C1\CCC[C@]2(C)[C@@H]([C@H](C)/C=C/[C@H](O)C3(C(C)=O)CC3)CC[C@@H]12. The van der Waals surface area contributed by atoms with Gasteiger partial charge in [-0.3, -0.25) is 4.79 Å². The van der Waals surface area contributed by atoms with Crippen LogP contribution in [0.25, 0.3) is 0 Å². The summed E-state index contributed by atoms with van der Waals surface area (Å²) in [5.74, 6) is 1.74. The lowest BCUT2D eigenvalue weighted by molar-refractivity contribution is -0.124. The molecule has 0 unspecified atom stereocenters. The van der Waals surface area contributed by atoms with E-state index in [4.69, 9.17) is 0 Å². The van der Waals surface area contributed by atoms with Gasteiger partial charge < -0.3 is 10.2 Å². The van der Waals surface area contributed by atoms with Crippen LogP contribution in [0.2, 0.25) is 0 Å². The molecule has 2 N–H and O–H groups in total. The van der Waals surface area contributed by atoms with Crippen molar-refractivity contribution >= 4 is 5.78 Å². The average molecular weight is 439 g/mol. The molecule has 3 heteroatoms. The molecule has 0 aromatic heterocycles. The molecule has 0 amide bonds. The minimum atomic E-state index is -0.639. The van der Waals surface area contributed by atoms with Gasteiger partial charge in [-0.15, -0.1) is 0 Å². The topological polar surface area (TPSA) is 57.5 Å². The average Bonchev–Trinajstić information content (AvgIpc) is 3.49. The van der Waals surface area contributed by atoms with E-state index in [2.05, 4.69) is 38.7 Å². The molecule has 0 aliphatic heterocycles. The Morgan fingerprint density at radius 3 is 2.56 bits per heavy atom. The fourth-order valence-corrected chi connectivity index (χ4v) is 7.13. The third kappa shape index (κ3) is 4.35. The van der Waals surface area contributed by atoms with Crippen molar-refractivity contribution in [2.45, 2.75) is 97.2 Å². The largest absolute Gasteiger partial charge is 0.393 e. The first-order valence-electron chi connectivity index (χ1n) is 12.8. The van der Waals surface area contributed by atoms with E-state index in [1.807, 2.05) is 6.08 Å². The van der Waals surface area contributed by atoms with Gasteiger partial charge in [0, 0.05) is 0 Å². The Labute approximate surface area is 194 Å². The third-order valence-corrected chi connectivity index (χ3v) is 9.51. The standard InChI is InChI=1S/C29H42O3/c1-19-7-11-24(31)18-23(19)10-9-22-6-5-15-28(4)25(12-13-26(22)28)20(2)8-14-27(32)29(16-17-29)21(3)30/h8-10,14,20,24-27,31-32H,1,5-7,11-13,15-18H2,2-4H3/b14-8+,22-9+,23-10-/t20-,24+,25-,26+,27+,28-/m1/s1. The molecule has 0 spiro atoms. The summed E-state index contributed by atoms with van der Waals surface area (Å²) < 4.78 is 0. The summed E-state index contributed by atoms with van der Waals surface area (Å²) in [7, 11) is 0. The number of allylic oxidation sites excluding steroid dienone is 5. The van der Waals surface area contributed by atoms with Crippen molar-refractivity contribution in [3.63, 3.8) is 0 Å². The highest BCUT2D eigenvalue weighted by molar-refractivity contribution is 5.86. The van der Waals surface area contributed by atoms with Crippen LogP contribution in [-0.4, -0.2) is 28.2 Å². The molecule has 4 aliphatic rings. The van der Waals surface area contributed by atoms with E-state index in [1.165, 1.54) is 43.3 Å². The molecule has 32 heavy (non-hydrogen) atoms. The Bertz CT molecular complexity index is 842. The predicted molar refractivity (Wildman–Crippen MR) is 130 cm³/mol. The van der Waals surface area contributed by atoms with E-state index in [0.717, 1.165) is 32.1 Å². The number of aliphatic hydroxyl groups is 2. The Morgan fingerprint density at radius 1 is 1.12 bits per heavy atom. The van der Waals surface area contributed by atoms with Crippen molar-refractivity contribution in [1.29, 1.82) is 0 Å². The summed E-state index contributed by atoms with van der Waals surface area (Å²) in [6, 6.07) is 0. The van der Waals surface area contributed by atoms with Crippen LogP contribution in [0.1, 0.15) is 85.0 Å². The number of rotatable bonds is 6. The lowest BCUT2D eigenvalue weighted by Crippen LogP contribution is -2.35. The molecule has 0 aromatic carbocycles. The fourth-order valence-electron chi connectivity index (χ4n) is 7.13. The number of Topliss-reactive ketones (excluding diaryl/α,β-unsaturated/α-hetero) is 1. The number of carbonyl (C=O) groups is 1. The summed E-state index contributed by atoms with van der Waals surface area (Å²) >= 11 is 0. The molecule has 4 fully saturated rings. The third-order valence-electron chi connectivity index (χ3n) is 9.51. The van der Waals surface area contributed by atoms with Gasteiger partial charge in [-0.25, -0.2) is 0 Å². The van der Waals surface area contributed by atoms with Gasteiger partial charge in [0.05, 0.1) is 17.6 Å². The summed E-state index contributed by atoms with van der Waals surface area (Å²) in [6.45, 7) is 10.6. The van der Waals surface area contributed by atoms with Gasteiger partial charge in [0.1, 0.15) is 5.78 Å². The van der Waals surface area contributed by atoms with Crippen LogP contribution in [-0.2, 0) is 4.79 Å². The van der Waals surface area contributed by atoms with Crippen LogP contribution in [0.5, 0.6) is 0 Å². The van der Waals surface area contributed by atoms with Gasteiger partial charge in [0.2, 0.25) is 0 Å². The molecular formula is C29H42O3. The van der Waals surface area contributed by atoms with E-state index >= 15 is 0 Å². The number of hydrogen-bond acceptors (Lipinski definition) is 3. The van der Waals surface area contributed by atoms with Crippen molar-refractivity contribution < 1.29 is 15.0 Å². The minimum Gasteiger partial charge on any atom is -0.393 e. The number of hydrogen-bond donors (Lipinski definition) is 2. The number of aliphatic hydroxyl groups excluding tert-OH is 2. The Hall–Kier alpha value is -1.45. The highest BCUT2D eigenvalue weighted by atomic mass is 16.3. The summed E-state index contributed by atoms with van der Waals surface area (Å²) in [6.07, 6.45) is 18.1. The lowest BCUT2D eigenvalue weighted by atomic mass is 9.61. The van der Waals surface area contributed by atoms with Gasteiger partial charge in [-0.05, 0) is 99.9 Å². The van der Waals surface area contributed by atoms with Crippen molar-refractivity contribution in [3.8, 4) is 0 Å². The van der Waals surface area contributed by atoms with Crippen LogP contribution >= 0.6 is 0 Å². The second kappa shape index (κ2) is 9.06. The summed E-state index contributed by atoms with van der Waals surface area (Å²) in [5, 5.41) is 20.7. The van der Waals surface area contributed by atoms with Crippen LogP contribution in [0, 0.1) is 28.6 Å². The van der Waals surface area contributed by atoms with E-state index in [9.17, 15) is 15.0 Å². The predicted octanol–water partition coefficient (Wildman–Crippen LogP) is 6.08. The van der Waals surface area contributed by atoms with Crippen LogP contribution in [0.15, 0.2) is 47.6 Å². The highest BCUT2D eigenvalue weighted by Crippen LogP contribution is 2.59. The van der Waals surface area contributed by atoms with Crippen molar-refractivity contribution in [3.05, 3.63) is 47.6 Å². The first-order chi connectivity index (χ1) is 15.2. The van der Waals surface area contributed by atoms with E-state index < -0.39 is 11.5 Å². The smallest absolute Gasteiger partial charge is 0.138 e. The second-order valence-electron chi connectivity index (χ2n) is 11.4. The fraction of sp³-hybridized carbons (Fsp3) is 0.690. The first kappa shape index (κ1) is 23.7. The van der Waals surface area contributed by atoms with Gasteiger partial charge in [-0.2, -0.15) is 0 Å². The number of carbonyl (C=O) groups excluding carboxylic acids is 1. The summed E-state index contributed by atoms with van der Waals surface area (Å²) in [4.78, 5) is 11.9. The monoisotopic (exact) mass is 438 g/mol. The zero-order valence-electron chi connectivity index (χ0n) is 20.3. The number of ketones is 1. The maximum absolute atomic E-state index is 11.9. The second-order valence-corrected chi connectivity index (χ2v) is 11.4. The highest BCUT2D eigenvalue weighted by Gasteiger charge is 2.53. The molecule has 0 heterocycles.